The van der Waals surface area contributed by atoms with E-state index in [0.717, 1.165) is 23.3 Å². The molecule has 0 radical (unpaired) electrons. The fraction of sp³-hybridized carbons (Fsp3) is 0.292. The van der Waals surface area contributed by atoms with Gasteiger partial charge in [-0.25, -0.2) is 9.97 Å². The van der Waals surface area contributed by atoms with Crippen LogP contribution >= 0.6 is 0 Å². The summed E-state index contributed by atoms with van der Waals surface area (Å²) in [6.07, 6.45) is 0.732. The highest BCUT2D eigenvalue weighted by atomic mass is 19.4. The highest BCUT2D eigenvalue weighted by molar-refractivity contribution is 5.96. The van der Waals surface area contributed by atoms with Crippen LogP contribution in [0.15, 0.2) is 43.0 Å². The van der Waals surface area contributed by atoms with Crippen LogP contribution in [0.4, 0.5) is 24.7 Å². The zero-order chi connectivity index (χ0) is 26.2. The number of benzene rings is 1. The zero-order valence-electron chi connectivity index (χ0n) is 19.7. The van der Waals surface area contributed by atoms with E-state index in [0.29, 0.717) is 35.8 Å². The lowest BCUT2D eigenvalue weighted by molar-refractivity contribution is -0.141. The number of hydrogen-bond acceptors (Lipinski definition) is 7. The first-order valence-corrected chi connectivity index (χ1v) is 11.5. The summed E-state index contributed by atoms with van der Waals surface area (Å²) in [5.41, 5.74) is 1.20. The van der Waals surface area contributed by atoms with Gasteiger partial charge in [-0.3, -0.25) is 13.9 Å². The number of nitriles is 1. The van der Waals surface area contributed by atoms with Crippen molar-refractivity contribution < 1.29 is 18.0 Å². The second kappa shape index (κ2) is 9.55. The number of carbonyl (C=O) groups excluding carboxylic acids is 1. The quantitative estimate of drug-likeness (QED) is 0.424. The number of rotatable bonds is 5. The summed E-state index contributed by atoms with van der Waals surface area (Å²) in [6.45, 7) is 4.35. The van der Waals surface area contributed by atoms with Crippen molar-refractivity contribution in [3.05, 3.63) is 59.8 Å². The van der Waals surface area contributed by atoms with E-state index in [9.17, 15) is 18.0 Å². The lowest BCUT2D eigenvalue weighted by Crippen LogP contribution is -2.46. The topological polar surface area (TPSA) is 116 Å². The van der Waals surface area contributed by atoms with Crippen molar-refractivity contribution in [1.29, 1.82) is 5.26 Å². The predicted octanol–water partition coefficient (Wildman–Crippen LogP) is 3.23. The number of fused-ring (bicyclic) bond motifs is 1. The number of amides is 1. The minimum absolute atomic E-state index is 0.0268. The van der Waals surface area contributed by atoms with E-state index in [-0.39, 0.29) is 23.7 Å². The fourth-order valence-electron chi connectivity index (χ4n) is 4.33. The van der Waals surface area contributed by atoms with Gasteiger partial charge in [0, 0.05) is 56.0 Å². The van der Waals surface area contributed by atoms with Crippen LogP contribution in [-0.4, -0.2) is 61.1 Å². The van der Waals surface area contributed by atoms with Gasteiger partial charge in [0.25, 0.3) is 5.91 Å². The maximum Gasteiger partial charge on any atom is 0.435 e. The molecule has 0 spiro atoms. The molecule has 4 aromatic rings. The number of alkyl halides is 3. The number of anilines is 2. The Bertz CT molecular complexity index is 1510. The van der Waals surface area contributed by atoms with Crippen LogP contribution in [0, 0.1) is 18.3 Å². The van der Waals surface area contributed by atoms with Gasteiger partial charge in [0.1, 0.15) is 6.54 Å². The standard InChI is InChI=1S/C24H22F3N9O/c1-15-12-16(2-3-17(15)23(37)34-9-5-29-6-10-34)32-21-22-31-13-19(36(22)11-7-30-21)18-14-35(8-4-28)33-20(18)24(25,26)27/h2-3,7,11-14,29H,5-6,8-10H2,1H3,(H,30,32). The molecule has 1 aliphatic rings. The highest BCUT2D eigenvalue weighted by Crippen LogP contribution is 2.37. The van der Waals surface area contributed by atoms with Crippen LogP contribution in [-0.2, 0) is 12.7 Å². The number of aryl methyl sites for hydroxylation is 1. The van der Waals surface area contributed by atoms with Crippen LogP contribution in [0.2, 0.25) is 0 Å². The molecular weight excluding hydrogens is 487 g/mol. The average molecular weight is 509 g/mol. The smallest absolute Gasteiger partial charge is 0.337 e. The molecule has 4 heterocycles. The molecule has 2 N–H and O–H groups in total. The van der Waals surface area contributed by atoms with E-state index in [1.807, 2.05) is 17.9 Å². The minimum atomic E-state index is -4.71. The van der Waals surface area contributed by atoms with Gasteiger partial charge in [-0.2, -0.15) is 23.5 Å². The Kier molecular flexibility index (Phi) is 6.26. The molecule has 1 fully saturated rings. The van der Waals surface area contributed by atoms with Gasteiger partial charge in [0.2, 0.25) is 0 Å². The van der Waals surface area contributed by atoms with Gasteiger partial charge < -0.3 is 15.5 Å². The molecule has 1 saturated heterocycles. The zero-order valence-corrected chi connectivity index (χ0v) is 19.7. The van der Waals surface area contributed by atoms with Crippen LogP contribution in [0.5, 0.6) is 0 Å². The first kappa shape index (κ1) is 24.3. The Morgan fingerprint density at radius 1 is 1.24 bits per heavy atom. The summed E-state index contributed by atoms with van der Waals surface area (Å²) in [6, 6.07) is 7.11. The first-order valence-electron chi connectivity index (χ1n) is 11.5. The van der Waals surface area contributed by atoms with E-state index in [4.69, 9.17) is 5.26 Å². The summed E-state index contributed by atoms with van der Waals surface area (Å²) >= 11 is 0. The molecule has 5 rings (SSSR count). The molecule has 1 aromatic carbocycles. The number of imidazole rings is 1. The second-order valence-electron chi connectivity index (χ2n) is 8.55. The van der Waals surface area contributed by atoms with E-state index < -0.39 is 11.9 Å². The summed E-state index contributed by atoms with van der Waals surface area (Å²) in [5.74, 6) is 0.299. The van der Waals surface area contributed by atoms with Crippen LogP contribution < -0.4 is 10.6 Å². The van der Waals surface area contributed by atoms with Crippen molar-refractivity contribution in [2.24, 2.45) is 0 Å². The molecule has 3 aromatic heterocycles. The van der Waals surface area contributed by atoms with Crippen LogP contribution in [0.1, 0.15) is 21.6 Å². The normalized spacial score (nSPS) is 14.1. The van der Waals surface area contributed by atoms with E-state index in [1.165, 1.54) is 29.2 Å². The van der Waals surface area contributed by atoms with Crippen molar-refractivity contribution in [3.8, 4) is 17.3 Å². The molecule has 10 nitrogen and oxygen atoms in total. The third-order valence-corrected chi connectivity index (χ3v) is 6.09. The second-order valence-corrected chi connectivity index (χ2v) is 8.55. The van der Waals surface area contributed by atoms with Gasteiger partial charge >= 0.3 is 6.18 Å². The summed E-state index contributed by atoms with van der Waals surface area (Å²) in [7, 11) is 0. The number of aromatic nitrogens is 5. The van der Waals surface area contributed by atoms with Crippen molar-refractivity contribution in [1.82, 2.24) is 34.4 Å². The Balaban J connectivity index is 1.46. The number of nitrogens with zero attached hydrogens (tertiary/aromatic N) is 7. The van der Waals surface area contributed by atoms with E-state index >= 15 is 0 Å². The summed E-state index contributed by atoms with van der Waals surface area (Å²) in [5, 5.41) is 18.8. The van der Waals surface area contributed by atoms with Crippen LogP contribution in [0.25, 0.3) is 16.9 Å². The average Bonchev–Trinajstić information content (AvgIpc) is 3.49. The molecule has 0 bridgehead atoms. The number of nitrogens with one attached hydrogen (secondary N) is 2. The van der Waals surface area contributed by atoms with E-state index in [2.05, 4.69) is 25.7 Å². The Morgan fingerprint density at radius 3 is 2.73 bits per heavy atom. The van der Waals surface area contributed by atoms with Crippen molar-refractivity contribution in [2.45, 2.75) is 19.6 Å². The maximum absolute atomic E-state index is 13.7. The van der Waals surface area contributed by atoms with Crippen molar-refractivity contribution in [2.75, 3.05) is 31.5 Å². The van der Waals surface area contributed by atoms with Gasteiger partial charge in [-0.15, -0.1) is 0 Å². The third-order valence-electron chi connectivity index (χ3n) is 6.09. The molecule has 13 heteroatoms. The molecule has 190 valence electrons. The summed E-state index contributed by atoms with van der Waals surface area (Å²) in [4.78, 5) is 23.3. The minimum Gasteiger partial charge on any atom is -0.337 e. The number of piperazine rings is 1. The number of carbonyl (C=O) groups is 1. The Morgan fingerprint density at radius 2 is 2.03 bits per heavy atom. The lowest BCUT2D eigenvalue weighted by Gasteiger charge is -2.28. The lowest BCUT2D eigenvalue weighted by atomic mass is 10.1. The SMILES string of the molecule is Cc1cc(Nc2nccn3c(-c4cn(CC#N)nc4C(F)(F)F)cnc23)ccc1C(=O)N1CCNCC1. The molecule has 1 aliphatic heterocycles. The number of hydrogen-bond donors (Lipinski definition) is 2. The third kappa shape index (κ3) is 4.70. The molecule has 0 aliphatic carbocycles. The summed E-state index contributed by atoms with van der Waals surface area (Å²) < 4.78 is 43.4. The van der Waals surface area contributed by atoms with E-state index in [1.54, 1.807) is 18.2 Å². The van der Waals surface area contributed by atoms with Crippen molar-refractivity contribution in [3.63, 3.8) is 0 Å². The van der Waals surface area contributed by atoms with Gasteiger partial charge in [-0.05, 0) is 30.7 Å². The monoisotopic (exact) mass is 509 g/mol. The first-order chi connectivity index (χ1) is 17.8. The maximum atomic E-state index is 13.7. The molecule has 0 unspecified atom stereocenters. The van der Waals surface area contributed by atoms with Gasteiger partial charge in [0.15, 0.2) is 17.2 Å². The van der Waals surface area contributed by atoms with Gasteiger partial charge in [-0.1, -0.05) is 0 Å². The predicted molar refractivity (Wildman–Crippen MR) is 128 cm³/mol. The van der Waals surface area contributed by atoms with Crippen molar-refractivity contribution >= 4 is 23.1 Å². The molecule has 37 heavy (non-hydrogen) atoms. The fourth-order valence-corrected chi connectivity index (χ4v) is 4.33. The Hall–Kier alpha value is -4.44. The Labute approximate surface area is 209 Å². The van der Waals surface area contributed by atoms with Crippen LogP contribution in [0.3, 0.4) is 0 Å². The number of halogens is 3. The van der Waals surface area contributed by atoms with Gasteiger partial charge in [0.05, 0.1) is 23.5 Å². The molecule has 0 saturated carbocycles. The molecular formula is C24H22F3N9O. The molecule has 0 atom stereocenters. The highest BCUT2D eigenvalue weighted by Gasteiger charge is 2.38. The molecule has 1 amide bonds. The largest absolute Gasteiger partial charge is 0.435 e.